The molecular weight excluding hydrogens is 186 g/mol. The molecular formula is C9H10ClN3. The molecule has 1 aromatic heterocycles. The predicted molar refractivity (Wildman–Crippen MR) is 50.3 cm³/mol. The van der Waals surface area contributed by atoms with Gasteiger partial charge in [-0.15, -0.1) is 0 Å². The number of rotatable bonds is 2. The van der Waals surface area contributed by atoms with E-state index in [2.05, 4.69) is 23.8 Å². The van der Waals surface area contributed by atoms with E-state index in [0.717, 1.165) is 6.42 Å². The summed E-state index contributed by atoms with van der Waals surface area (Å²) in [6, 6.07) is 1.92. The van der Waals surface area contributed by atoms with Gasteiger partial charge in [0.25, 0.3) is 0 Å². The zero-order chi connectivity index (χ0) is 9.84. The fourth-order valence-corrected chi connectivity index (χ4v) is 1.12. The average Bonchev–Trinajstić information content (AvgIpc) is 2.03. The van der Waals surface area contributed by atoms with Gasteiger partial charge in [0.2, 0.25) is 0 Å². The summed E-state index contributed by atoms with van der Waals surface area (Å²) in [5.41, 5.74) is 0.328. The van der Waals surface area contributed by atoms with E-state index in [4.69, 9.17) is 16.9 Å². The molecule has 0 bridgehead atoms. The van der Waals surface area contributed by atoms with Gasteiger partial charge in [-0.05, 0) is 5.92 Å². The Morgan fingerprint density at radius 2 is 2.31 bits per heavy atom. The zero-order valence-electron chi connectivity index (χ0n) is 7.58. The van der Waals surface area contributed by atoms with Crippen LogP contribution in [0.5, 0.6) is 0 Å². The number of hydrogen-bond donors (Lipinski definition) is 0. The number of hydrogen-bond acceptors (Lipinski definition) is 3. The van der Waals surface area contributed by atoms with Gasteiger partial charge in [0.1, 0.15) is 17.5 Å². The third kappa shape index (κ3) is 2.67. The lowest BCUT2D eigenvalue weighted by molar-refractivity contribution is 0.620. The second kappa shape index (κ2) is 4.20. The normalized spacial score (nSPS) is 10.1. The largest absolute Gasteiger partial charge is 0.240 e. The average molecular weight is 196 g/mol. The summed E-state index contributed by atoms with van der Waals surface area (Å²) in [6.45, 7) is 4.16. The fourth-order valence-electron chi connectivity index (χ4n) is 0.933. The zero-order valence-corrected chi connectivity index (χ0v) is 8.34. The summed E-state index contributed by atoms with van der Waals surface area (Å²) in [5.74, 6) is 1.18. The summed E-state index contributed by atoms with van der Waals surface area (Å²) in [4.78, 5) is 8.05. The van der Waals surface area contributed by atoms with Crippen molar-refractivity contribution in [3.63, 3.8) is 0 Å². The predicted octanol–water partition coefficient (Wildman–Crippen LogP) is 2.20. The lowest BCUT2D eigenvalue weighted by atomic mass is 10.1. The summed E-state index contributed by atoms with van der Waals surface area (Å²) in [7, 11) is 0. The molecule has 13 heavy (non-hydrogen) atoms. The Bertz CT molecular complexity index is 341. The van der Waals surface area contributed by atoms with E-state index in [9.17, 15) is 0 Å². The Balaban J connectivity index is 2.91. The molecule has 4 heteroatoms. The lowest BCUT2D eigenvalue weighted by Crippen LogP contribution is -2.01. The van der Waals surface area contributed by atoms with Crippen molar-refractivity contribution >= 4 is 11.6 Å². The van der Waals surface area contributed by atoms with Gasteiger partial charge in [-0.1, -0.05) is 25.4 Å². The summed E-state index contributed by atoms with van der Waals surface area (Å²) in [5, 5.41) is 8.82. The molecule has 1 heterocycles. The van der Waals surface area contributed by atoms with E-state index < -0.39 is 0 Å². The van der Waals surface area contributed by atoms with Crippen LogP contribution in [-0.2, 0) is 6.42 Å². The van der Waals surface area contributed by atoms with Gasteiger partial charge >= 0.3 is 0 Å². The highest BCUT2D eigenvalue weighted by Gasteiger charge is 2.05. The van der Waals surface area contributed by atoms with Gasteiger partial charge in [-0.3, -0.25) is 0 Å². The fraction of sp³-hybridized carbons (Fsp3) is 0.444. The van der Waals surface area contributed by atoms with Crippen molar-refractivity contribution in [2.75, 3.05) is 0 Å². The quantitative estimate of drug-likeness (QED) is 0.680. The minimum Gasteiger partial charge on any atom is -0.240 e. The SMILES string of the molecule is CC(C)Cc1ncc(C#N)c(Cl)n1. The first-order valence-electron chi connectivity index (χ1n) is 4.05. The van der Waals surface area contributed by atoms with Crippen LogP contribution >= 0.6 is 11.6 Å². The molecule has 0 N–H and O–H groups in total. The molecule has 0 aromatic carbocycles. The molecule has 0 unspecified atom stereocenters. The second-order valence-electron chi connectivity index (χ2n) is 3.20. The topological polar surface area (TPSA) is 49.6 Å². The van der Waals surface area contributed by atoms with Crippen LogP contribution < -0.4 is 0 Å². The first-order valence-corrected chi connectivity index (χ1v) is 4.42. The first kappa shape index (κ1) is 9.94. The van der Waals surface area contributed by atoms with Gasteiger partial charge in [-0.2, -0.15) is 5.26 Å². The third-order valence-corrected chi connectivity index (χ3v) is 1.79. The van der Waals surface area contributed by atoms with E-state index >= 15 is 0 Å². The van der Waals surface area contributed by atoms with Gasteiger partial charge < -0.3 is 0 Å². The smallest absolute Gasteiger partial charge is 0.150 e. The molecule has 0 spiro atoms. The van der Waals surface area contributed by atoms with Crippen molar-refractivity contribution < 1.29 is 0 Å². The van der Waals surface area contributed by atoms with Crippen LogP contribution in [0.1, 0.15) is 25.2 Å². The van der Waals surface area contributed by atoms with E-state index in [1.165, 1.54) is 6.20 Å². The molecule has 0 saturated heterocycles. The third-order valence-electron chi connectivity index (χ3n) is 1.50. The molecule has 0 atom stereocenters. The van der Waals surface area contributed by atoms with Gasteiger partial charge in [0.05, 0.1) is 0 Å². The van der Waals surface area contributed by atoms with Crippen molar-refractivity contribution in [2.45, 2.75) is 20.3 Å². The van der Waals surface area contributed by atoms with Crippen LogP contribution in [0.3, 0.4) is 0 Å². The molecule has 0 saturated carbocycles. The first-order chi connectivity index (χ1) is 6.13. The summed E-state index contributed by atoms with van der Waals surface area (Å²) in [6.07, 6.45) is 2.25. The number of nitriles is 1. The molecule has 0 radical (unpaired) electrons. The van der Waals surface area contributed by atoms with Crippen molar-refractivity contribution in [3.05, 3.63) is 22.7 Å². The molecule has 3 nitrogen and oxygen atoms in total. The van der Waals surface area contributed by atoms with Gasteiger partial charge in [0, 0.05) is 12.6 Å². The van der Waals surface area contributed by atoms with Crippen molar-refractivity contribution in [1.82, 2.24) is 9.97 Å². The van der Waals surface area contributed by atoms with Gasteiger partial charge in [0.15, 0.2) is 5.15 Å². The molecule has 1 rings (SSSR count). The maximum absolute atomic E-state index is 8.58. The van der Waals surface area contributed by atoms with Crippen molar-refractivity contribution in [1.29, 1.82) is 5.26 Å². The van der Waals surface area contributed by atoms with Crippen LogP contribution in [0.15, 0.2) is 6.20 Å². The standard InChI is InChI=1S/C9H10ClN3/c1-6(2)3-8-12-5-7(4-11)9(10)13-8/h5-6H,3H2,1-2H3. The molecule has 0 aliphatic rings. The number of halogens is 1. The highest BCUT2D eigenvalue weighted by Crippen LogP contribution is 2.12. The van der Waals surface area contributed by atoms with Crippen LogP contribution in [-0.4, -0.2) is 9.97 Å². The molecule has 1 aromatic rings. The Morgan fingerprint density at radius 3 is 2.77 bits per heavy atom. The lowest BCUT2D eigenvalue weighted by Gasteiger charge is -2.03. The van der Waals surface area contributed by atoms with Crippen LogP contribution in [0, 0.1) is 17.2 Å². The minimum atomic E-state index is 0.244. The summed E-state index contributed by atoms with van der Waals surface area (Å²) < 4.78 is 0. The summed E-state index contributed by atoms with van der Waals surface area (Å²) >= 11 is 5.74. The van der Waals surface area contributed by atoms with E-state index in [-0.39, 0.29) is 5.15 Å². The highest BCUT2D eigenvalue weighted by molar-refractivity contribution is 6.30. The Kier molecular flexibility index (Phi) is 3.21. The van der Waals surface area contributed by atoms with Crippen molar-refractivity contribution in [2.24, 2.45) is 5.92 Å². The van der Waals surface area contributed by atoms with E-state index in [1.54, 1.807) is 0 Å². The molecule has 0 aliphatic carbocycles. The molecule has 0 aliphatic heterocycles. The van der Waals surface area contributed by atoms with Gasteiger partial charge in [-0.25, -0.2) is 9.97 Å². The monoisotopic (exact) mass is 195 g/mol. The maximum atomic E-state index is 8.58. The molecule has 0 amide bonds. The maximum Gasteiger partial charge on any atom is 0.150 e. The molecule has 68 valence electrons. The molecule has 0 fully saturated rings. The Morgan fingerprint density at radius 1 is 1.62 bits per heavy atom. The minimum absolute atomic E-state index is 0.244. The number of nitrogens with zero attached hydrogens (tertiary/aromatic N) is 3. The Labute approximate surface area is 82.4 Å². The van der Waals surface area contributed by atoms with Crippen molar-refractivity contribution in [3.8, 4) is 6.07 Å². The van der Waals surface area contributed by atoms with Crippen LogP contribution in [0.25, 0.3) is 0 Å². The Hall–Kier alpha value is -1.14. The second-order valence-corrected chi connectivity index (χ2v) is 3.56. The van der Waals surface area contributed by atoms with Crippen LogP contribution in [0.4, 0.5) is 0 Å². The van der Waals surface area contributed by atoms with E-state index in [1.807, 2.05) is 6.07 Å². The number of aromatic nitrogens is 2. The highest BCUT2D eigenvalue weighted by atomic mass is 35.5. The van der Waals surface area contributed by atoms with Crippen LogP contribution in [0.2, 0.25) is 5.15 Å². The van der Waals surface area contributed by atoms with E-state index in [0.29, 0.717) is 17.3 Å².